The van der Waals surface area contributed by atoms with Crippen molar-refractivity contribution in [3.63, 3.8) is 0 Å². The molecule has 0 N–H and O–H groups in total. The van der Waals surface area contributed by atoms with Crippen LogP contribution in [0.15, 0.2) is 12.3 Å². The average molecular weight is 156 g/mol. The number of pyridine rings is 1. The van der Waals surface area contributed by atoms with Crippen molar-refractivity contribution in [3.05, 3.63) is 28.8 Å². The van der Waals surface area contributed by atoms with E-state index >= 15 is 0 Å². The number of terminal acetylenes is 1. The fourth-order valence-electron chi connectivity index (χ4n) is 0.543. The maximum atomic E-state index is 12.5. The Kier molecular flexibility index (Phi) is 1.88. The van der Waals surface area contributed by atoms with Crippen LogP contribution in [-0.2, 0) is 0 Å². The van der Waals surface area contributed by atoms with Gasteiger partial charge in [0.15, 0.2) is 0 Å². The largest absolute Gasteiger partial charge is 0.230 e. The molecule has 0 spiro atoms. The van der Waals surface area contributed by atoms with Gasteiger partial charge in [0.05, 0.1) is 10.6 Å². The standard InChI is InChI=1S/C7H3ClFN/c1-2-5-6(8)3-4-10-7(5)9/h1,3-4H. The molecule has 0 saturated heterocycles. The third kappa shape index (κ3) is 1.09. The summed E-state index contributed by atoms with van der Waals surface area (Å²) >= 11 is 5.51. The zero-order valence-corrected chi connectivity index (χ0v) is 5.69. The van der Waals surface area contributed by atoms with Crippen LogP contribution < -0.4 is 0 Å². The summed E-state index contributed by atoms with van der Waals surface area (Å²) in [4.78, 5) is 3.32. The molecule has 0 unspecified atom stereocenters. The van der Waals surface area contributed by atoms with Crippen LogP contribution in [0.4, 0.5) is 4.39 Å². The van der Waals surface area contributed by atoms with Crippen LogP contribution in [0.25, 0.3) is 0 Å². The highest BCUT2D eigenvalue weighted by Crippen LogP contribution is 2.14. The van der Waals surface area contributed by atoms with Crippen LogP contribution in [0.3, 0.4) is 0 Å². The summed E-state index contributed by atoms with van der Waals surface area (Å²) in [5, 5.41) is 0.218. The van der Waals surface area contributed by atoms with Crippen LogP contribution in [0.1, 0.15) is 5.56 Å². The minimum Gasteiger partial charge on any atom is -0.227 e. The Morgan fingerprint density at radius 2 is 2.40 bits per heavy atom. The lowest BCUT2D eigenvalue weighted by molar-refractivity contribution is 0.580. The van der Waals surface area contributed by atoms with Gasteiger partial charge in [-0.3, -0.25) is 0 Å². The minimum absolute atomic E-state index is 0.0177. The van der Waals surface area contributed by atoms with Crippen molar-refractivity contribution in [2.45, 2.75) is 0 Å². The smallest absolute Gasteiger partial charge is 0.227 e. The Bertz CT molecular complexity index is 270. The van der Waals surface area contributed by atoms with E-state index < -0.39 is 5.95 Å². The highest BCUT2D eigenvalue weighted by atomic mass is 35.5. The number of rotatable bonds is 0. The third-order valence-electron chi connectivity index (χ3n) is 0.998. The monoisotopic (exact) mass is 155 g/mol. The fourth-order valence-corrected chi connectivity index (χ4v) is 0.732. The molecule has 0 radical (unpaired) electrons. The zero-order valence-electron chi connectivity index (χ0n) is 4.94. The molecule has 0 aliphatic carbocycles. The van der Waals surface area contributed by atoms with Crippen molar-refractivity contribution in [2.24, 2.45) is 0 Å². The number of nitrogens with zero attached hydrogens (tertiary/aromatic N) is 1. The number of hydrogen-bond donors (Lipinski definition) is 0. The molecule has 0 atom stereocenters. The molecule has 1 aromatic heterocycles. The van der Waals surface area contributed by atoms with Crippen molar-refractivity contribution in [2.75, 3.05) is 0 Å². The van der Waals surface area contributed by atoms with Crippen LogP contribution >= 0.6 is 11.6 Å². The maximum absolute atomic E-state index is 12.5. The molecule has 0 fully saturated rings. The van der Waals surface area contributed by atoms with Crippen molar-refractivity contribution in [1.82, 2.24) is 4.98 Å². The van der Waals surface area contributed by atoms with E-state index in [1.807, 2.05) is 0 Å². The average Bonchev–Trinajstić information content (AvgIpc) is 1.88. The molecule has 1 heterocycles. The first kappa shape index (κ1) is 7.04. The topological polar surface area (TPSA) is 12.9 Å². The van der Waals surface area contributed by atoms with E-state index in [-0.39, 0.29) is 10.6 Å². The Labute approximate surface area is 62.8 Å². The van der Waals surface area contributed by atoms with Crippen molar-refractivity contribution in [3.8, 4) is 12.3 Å². The van der Waals surface area contributed by atoms with E-state index in [9.17, 15) is 4.39 Å². The second-order valence-corrected chi connectivity index (χ2v) is 2.01. The van der Waals surface area contributed by atoms with Gasteiger partial charge < -0.3 is 0 Å². The molecular weight excluding hydrogens is 153 g/mol. The summed E-state index contributed by atoms with van der Waals surface area (Å²) in [6.45, 7) is 0. The lowest BCUT2D eigenvalue weighted by Gasteiger charge is -1.93. The SMILES string of the molecule is C#Cc1c(Cl)ccnc1F. The molecule has 50 valence electrons. The number of hydrogen-bond acceptors (Lipinski definition) is 1. The van der Waals surface area contributed by atoms with Gasteiger partial charge in [0, 0.05) is 6.20 Å². The van der Waals surface area contributed by atoms with Gasteiger partial charge >= 0.3 is 0 Å². The number of aromatic nitrogens is 1. The second kappa shape index (κ2) is 2.68. The molecule has 0 aliphatic rings. The van der Waals surface area contributed by atoms with E-state index in [1.54, 1.807) is 0 Å². The van der Waals surface area contributed by atoms with Gasteiger partial charge in [-0.2, -0.15) is 4.39 Å². The fraction of sp³-hybridized carbons (Fsp3) is 0. The highest BCUT2D eigenvalue weighted by Gasteiger charge is 2.02. The van der Waals surface area contributed by atoms with E-state index in [4.69, 9.17) is 18.0 Å². The predicted molar refractivity (Wildman–Crippen MR) is 37.1 cm³/mol. The van der Waals surface area contributed by atoms with E-state index in [0.29, 0.717) is 0 Å². The van der Waals surface area contributed by atoms with Gasteiger partial charge in [0.2, 0.25) is 5.95 Å². The summed E-state index contributed by atoms with van der Waals surface area (Å²) in [5.74, 6) is 1.40. The predicted octanol–water partition coefficient (Wildman–Crippen LogP) is 1.86. The first-order valence-corrected chi connectivity index (χ1v) is 2.90. The van der Waals surface area contributed by atoms with E-state index in [0.717, 1.165) is 0 Å². The molecule has 1 aromatic rings. The van der Waals surface area contributed by atoms with Crippen LogP contribution in [-0.4, -0.2) is 4.98 Å². The second-order valence-electron chi connectivity index (χ2n) is 1.60. The molecule has 3 heteroatoms. The Hall–Kier alpha value is -1.07. The van der Waals surface area contributed by atoms with Crippen LogP contribution in [0.2, 0.25) is 5.02 Å². The summed E-state index contributed by atoms with van der Waals surface area (Å²) in [5.41, 5.74) is 0.0177. The lowest BCUT2D eigenvalue weighted by atomic mass is 10.3. The summed E-state index contributed by atoms with van der Waals surface area (Å²) in [7, 11) is 0. The third-order valence-corrected chi connectivity index (χ3v) is 1.31. The van der Waals surface area contributed by atoms with Crippen molar-refractivity contribution in [1.29, 1.82) is 0 Å². The Morgan fingerprint density at radius 1 is 1.70 bits per heavy atom. The Morgan fingerprint density at radius 3 is 2.80 bits per heavy atom. The molecular formula is C7H3ClFN. The molecule has 1 nitrogen and oxygen atoms in total. The summed E-state index contributed by atoms with van der Waals surface area (Å²) in [6, 6.07) is 1.44. The number of halogens is 2. The minimum atomic E-state index is -0.699. The molecule has 1 rings (SSSR count). The molecule has 10 heavy (non-hydrogen) atoms. The normalized spacial score (nSPS) is 8.90. The van der Waals surface area contributed by atoms with Gasteiger partial charge in [0.1, 0.15) is 0 Å². The van der Waals surface area contributed by atoms with Crippen molar-refractivity contribution < 1.29 is 4.39 Å². The highest BCUT2D eigenvalue weighted by molar-refractivity contribution is 6.31. The molecule has 0 bridgehead atoms. The van der Waals surface area contributed by atoms with Crippen LogP contribution in [0, 0.1) is 18.3 Å². The van der Waals surface area contributed by atoms with E-state index in [1.165, 1.54) is 12.3 Å². The molecule has 0 aliphatic heterocycles. The van der Waals surface area contributed by atoms with Gasteiger partial charge in [-0.25, -0.2) is 4.98 Å². The summed E-state index contributed by atoms with van der Waals surface area (Å²) < 4.78 is 12.5. The van der Waals surface area contributed by atoms with Gasteiger partial charge in [-0.1, -0.05) is 17.5 Å². The summed E-state index contributed by atoms with van der Waals surface area (Å²) in [6.07, 6.45) is 6.20. The van der Waals surface area contributed by atoms with Gasteiger partial charge in [-0.15, -0.1) is 6.42 Å². The maximum Gasteiger partial charge on any atom is 0.230 e. The Balaban J connectivity index is 3.34. The first-order chi connectivity index (χ1) is 4.75. The van der Waals surface area contributed by atoms with Crippen LogP contribution in [0.5, 0.6) is 0 Å². The zero-order chi connectivity index (χ0) is 7.56. The first-order valence-electron chi connectivity index (χ1n) is 2.52. The quantitative estimate of drug-likeness (QED) is 0.412. The van der Waals surface area contributed by atoms with Gasteiger partial charge in [-0.05, 0) is 6.07 Å². The van der Waals surface area contributed by atoms with Crippen molar-refractivity contribution >= 4 is 11.6 Å². The van der Waals surface area contributed by atoms with Gasteiger partial charge in [0.25, 0.3) is 0 Å². The lowest BCUT2D eigenvalue weighted by Crippen LogP contribution is -1.87. The molecule has 0 aromatic carbocycles. The molecule has 0 saturated carbocycles. The molecule has 0 amide bonds. The van der Waals surface area contributed by atoms with E-state index in [2.05, 4.69) is 10.9 Å².